The number of rotatable bonds is 6. The predicted molar refractivity (Wildman–Crippen MR) is 89.1 cm³/mol. The zero-order valence-corrected chi connectivity index (χ0v) is 13.4. The minimum absolute atomic E-state index is 0.499. The summed E-state index contributed by atoms with van der Waals surface area (Å²) in [7, 11) is 0. The molecule has 0 saturated heterocycles. The highest BCUT2D eigenvalue weighted by molar-refractivity contribution is 7.09. The number of thiophene rings is 1. The lowest BCUT2D eigenvalue weighted by Gasteiger charge is -2.27. The Morgan fingerprint density at radius 1 is 1.33 bits per heavy atom. The van der Waals surface area contributed by atoms with Crippen molar-refractivity contribution in [3.63, 3.8) is 0 Å². The van der Waals surface area contributed by atoms with E-state index in [-0.39, 0.29) is 0 Å². The lowest BCUT2D eigenvalue weighted by atomic mass is 9.87. The van der Waals surface area contributed by atoms with Gasteiger partial charge in [-0.05, 0) is 66.9 Å². The first-order valence-corrected chi connectivity index (χ1v) is 8.76. The van der Waals surface area contributed by atoms with E-state index in [2.05, 4.69) is 48.0 Å². The van der Waals surface area contributed by atoms with Crippen LogP contribution >= 0.6 is 11.3 Å². The third kappa shape index (κ3) is 3.66. The summed E-state index contributed by atoms with van der Waals surface area (Å²) in [4.78, 5) is 1.27. The van der Waals surface area contributed by atoms with Gasteiger partial charge in [-0.3, -0.25) is 0 Å². The maximum absolute atomic E-state index is 5.95. The van der Waals surface area contributed by atoms with Gasteiger partial charge in [0.25, 0.3) is 0 Å². The molecule has 0 spiro atoms. The SMILES string of the molecule is CCCNC1CCCc2ccc(OCc3cccs3)cc21. The summed E-state index contributed by atoms with van der Waals surface area (Å²) in [6.07, 6.45) is 4.90. The van der Waals surface area contributed by atoms with Gasteiger partial charge >= 0.3 is 0 Å². The Kier molecular flexibility index (Phi) is 4.94. The monoisotopic (exact) mass is 301 g/mol. The molecule has 1 aromatic heterocycles. The van der Waals surface area contributed by atoms with Gasteiger partial charge in [-0.25, -0.2) is 0 Å². The van der Waals surface area contributed by atoms with E-state index in [4.69, 9.17) is 4.74 Å². The molecule has 0 radical (unpaired) electrons. The van der Waals surface area contributed by atoms with Crippen molar-refractivity contribution in [3.8, 4) is 5.75 Å². The highest BCUT2D eigenvalue weighted by Gasteiger charge is 2.20. The van der Waals surface area contributed by atoms with Crippen molar-refractivity contribution >= 4 is 11.3 Å². The van der Waals surface area contributed by atoms with Crippen LogP contribution in [0.25, 0.3) is 0 Å². The number of benzene rings is 1. The summed E-state index contributed by atoms with van der Waals surface area (Å²) in [5, 5.41) is 5.76. The smallest absolute Gasteiger partial charge is 0.122 e. The third-order valence-corrected chi connectivity index (χ3v) is 4.88. The standard InChI is InChI=1S/C18H23NOS/c1-2-10-19-18-7-3-5-14-8-9-15(12-17(14)18)20-13-16-6-4-11-21-16/h4,6,8-9,11-12,18-19H,2-3,5,7,10,13H2,1H3. The number of hydrogen-bond donors (Lipinski definition) is 1. The van der Waals surface area contributed by atoms with Gasteiger partial charge in [0.15, 0.2) is 0 Å². The average Bonchev–Trinajstić information content (AvgIpc) is 3.04. The molecule has 1 unspecified atom stereocenters. The Labute approximate surface area is 131 Å². The molecule has 1 N–H and O–H groups in total. The van der Waals surface area contributed by atoms with E-state index in [0.29, 0.717) is 12.6 Å². The summed E-state index contributed by atoms with van der Waals surface area (Å²) in [5.41, 5.74) is 2.93. The van der Waals surface area contributed by atoms with Crippen LogP contribution in [0.3, 0.4) is 0 Å². The predicted octanol–water partition coefficient (Wildman–Crippen LogP) is 4.70. The van der Waals surface area contributed by atoms with Crippen LogP contribution in [-0.2, 0) is 13.0 Å². The van der Waals surface area contributed by atoms with Crippen LogP contribution in [-0.4, -0.2) is 6.54 Å². The van der Waals surface area contributed by atoms with Crippen LogP contribution in [0.15, 0.2) is 35.7 Å². The van der Waals surface area contributed by atoms with Crippen LogP contribution in [0.4, 0.5) is 0 Å². The van der Waals surface area contributed by atoms with Crippen molar-refractivity contribution in [2.45, 2.75) is 45.3 Å². The summed E-state index contributed by atoms with van der Waals surface area (Å²) in [5.74, 6) is 0.993. The van der Waals surface area contributed by atoms with Gasteiger partial charge in [-0.2, -0.15) is 0 Å². The van der Waals surface area contributed by atoms with Gasteiger partial charge in [0.2, 0.25) is 0 Å². The van der Waals surface area contributed by atoms with Gasteiger partial charge in [-0.15, -0.1) is 11.3 Å². The maximum Gasteiger partial charge on any atom is 0.122 e. The normalized spacial score (nSPS) is 17.5. The van der Waals surface area contributed by atoms with Gasteiger partial charge in [0.1, 0.15) is 12.4 Å². The summed E-state index contributed by atoms with van der Waals surface area (Å²) >= 11 is 1.75. The fraction of sp³-hybridized carbons (Fsp3) is 0.444. The molecule has 1 heterocycles. The number of ether oxygens (including phenoxy) is 1. The third-order valence-electron chi connectivity index (χ3n) is 4.03. The number of aryl methyl sites for hydroxylation is 1. The molecule has 1 aliphatic carbocycles. The van der Waals surface area contributed by atoms with E-state index in [0.717, 1.165) is 12.3 Å². The molecule has 3 rings (SSSR count). The first kappa shape index (κ1) is 14.6. The van der Waals surface area contributed by atoms with Crippen molar-refractivity contribution in [1.29, 1.82) is 0 Å². The Bertz CT molecular complexity index is 565. The minimum Gasteiger partial charge on any atom is -0.488 e. The number of hydrogen-bond acceptors (Lipinski definition) is 3. The molecule has 112 valence electrons. The van der Waals surface area contributed by atoms with Gasteiger partial charge < -0.3 is 10.1 Å². The zero-order valence-electron chi connectivity index (χ0n) is 12.6. The molecule has 1 atom stereocenters. The number of nitrogens with one attached hydrogen (secondary N) is 1. The van der Waals surface area contributed by atoms with E-state index in [1.807, 2.05) is 0 Å². The first-order chi connectivity index (χ1) is 10.4. The topological polar surface area (TPSA) is 21.3 Å². The second-order valence-electron chi connectivity index (χ2n) is 5.63. The molecule has 0 fully saturated rings. The molecule has 1 aliphatic rings. The summed E-state index contributed by atoms with van der Waals surface area (Å²) < 4.78 is 5.95. The fourth-order valence-corrected chi connectivity index (χ4v) is 3.56. The average molecular weight is 301 g/mol. The largest absolute Gasteiger partial charge is 0.488 e. The lowest BCUT2D eigenvalue weighted by Crippen LogP contribution is -2.25. The summed E-state index contributed by atoms with van der Waals surface area (Å²) in [6.45, 7) is 3.98. The maximum atomic E-state index is 5.95. The first-order valence-electron chi connectivity index (χ1n) is 7.88. The van der Waals surface area contributed by atoms with E-state index < -0.39 is 0 Å². The van der Waals surface area contributed by atoms with Crippen molar-refractivity contribution in [3.05, 3.63) is 51.7 Å². The van der Waals surface area contributed by atoms with Crippen LogP contribution in [0.5, 0.6) is 5.75 Å². The van der Waals surface area contributed by atoms with Gasteiger partial charge in [-0.1, -0.05) is 19.1 Å². The Balaban J connectivity index is 1.72. The van der Waals surface area contributed by atoms with Crippen molar-refractivity contribution in [1.82, 2.24) is 5.32 Å². The Morgan fingerprint density at radius 3 is 3.10 bits per heavy atom. The molecule has 0 aliphatic heterocycles. The van der Waals surface area contributed by atoms with Crippen LogP contribution in [0.2, 0.25) is 0 Å². The van der Waals surface area contributed by atoms with Gasteiger partial charge in [0.05, 0.1) is 0 Å². The molecular weight excluding hydrogens is 278 g/mol. The molecule has 2 aromatic rings. The van der Waals surface area contributed by atoms with Gasteiger partial charge in [0, 0.05) is 10.9 Å². The van der Waals surface area contributed by atoms with Crippen LogP contribution in [0, 0.1) is 0 Å². The van der Waals surface area contributed by atoms with Crippen LogP contribution < -0.4 is 10.1 Å². The summed E-state index contributed by atoms with van der Waals surface area (Å²) in [6, 6.07) is 11.3. The van der Waals surface area contributed by atoms with Crippen molar-refractivity contribution < 1.29 is 4.74 Å². The molecule has 1 aromatic carbocycles. The second kappa shape index (κ2) is 7.10. The molecule has 0 bridgehead atoms. The molecular formula is C18H23NOS. The van der Waals surface area contributed by atoms with Crippen LogP contribution in [0.1, 0.15) is 48.2 Å². The highest BCUT2D eigenvalue weighted by atomic mass is 32.1. The minimum atomic E-state index is 0.499. The van der Waals surface area contributed by atoms with E-state index in [1.165, 1.54) is 41.7 Å². The van der Waals surface area contributed by atoms with E-state index in [9.17, 15) is 0 Å². The van der Waals surface area contributed by atoms with E-state index >= 15 is 0 Å². The van der Waals surface area contributed by atoms with Crippen molar-refractivity contribution in [2.75, 3.05) is 6.54 Å². The molecule has 0 amide bonds. The zero-order chi connectivity index (χ0) is 14.5. The molecule has 21 heavy (non-hydrogen) atoms. The fourth-order valence-electron chi connectivity index (χ4n) is 2.95. The van der Waals surface area contributed by atoms with Crippen molar-refractivity contribution in [2.24, 2.45) is 0 Å². The quantitative estimate of drug-likeness (QED) is 0.834. The van der Waals surface area contributed by atoms with E-state index in [1.54, 1.807) is 11.3 Å². The highest BCUT2D eigenvalue weighted by Crippen LogP contribution is 2.32. The second-order valence-corrected chi connectivity index (χ2v) is 6.66. The molecule has 0 saturated carbocycles. The molecule has 2 nitrogen and oxygen atoms in total. The lowest BCUT2D eigenvalue weighted by molar-refractivity contribution is 0.308. The Morgan fingerprint density at radius 2 is 2.29 bits per heavy atom. The molecule has 3 heteroatoms. The number of fused-ring (bicyclic) bond motifs is 1. The Hall–Kier alpha value is -1.32.